The van der Waals surface area contributed by atoms with Crippen LogP contribution in [-0.4, -0.2) is 22.1 Å². The van der Waals surface area contributed by atoms with Crippen LogP contribution in [0.25, 0.3) is 0 Å². The summed E-state index contributed by atoms with van der Waals surface area (Å²) >= 11 is 0. The third-order valence-corrected chi connectivity index (χ3v) is 3.11. The van der Waals surface area contributed by atoms with E-state index < -0.39 is 5.97 Å². The monoisotopic (exact) mass is 220 g/mol. The first kappa shape index (κ1) is 10.9. The molecule has 1 aromatic heterocycles. The van der Waals surface area contributed by atoms with Gasteiger partial charge in [-0.05, 0) is 24.8 Å². The van der Waals surface area contributed by atoms with Crippen LogP contribution in [0.5, 0.6) is 0 Å². The Balaban J connectivity index is 2.25. The van der Waals surface area contributed by atoms with Crippen LogP contribution in [0.4, 0.5) is 5.69 Å². The van der Waals surface area contributed by atoms with Crippen molar-refractivity contribution in [2.45, 2.75) is 33.2 Å². The van der Waals surface area contributed by atoms with Crippen molar-refractivity contribution < 1.29 is 9.90 Å². The lowest BCUT2D eigenvalue weighted by Gasteiger charge is -2.11. The number of carboxylic acids is 1. The molecule has 86 valence electrons. The lowest BCUT2D eigenvalue weighted by atomic mass is 10.1. The Morgan fingerprint density at radius 2 is 2.25 bits per heavy atom. The Kier molecular flexibility index (Phi) is 2.37. The molecule has 0 bridgehead atoms. The summed E-state index contributed by atoms with van der Waals surface area (Å²) in [5.41, 5.74) is 2.02. The molecule has 4 heteroatoms. The number of rotatable bonds is 3. The van der Waals surface area contributed by atoms with Crippen LogP contribution in [0.15, 0.2) is 12.3 Å². The first-order valence-corrected chi connectivity index (χ1v) is 5.36. The van der Waals surface area contributed by atoms with Gasteiger partial charge in [0.25, 0.3) is 0 Å². The number of carbonyl (C=O) groups is 1. The van der Waals surface area contributed by atoms with Crippen LogP contribution in [-0.2, 0) is 0 Å². The van der Waals surface area contributed by atoms with Crippen molar-refractivity contribution in [2.24, 2.45) is 5.41 Å². The van der Waals surface area contributed by atoms with Crippen molar-refractivity contribution in [3.05, 3.63) is 23.5 Å². The summed E-state index contributed by atoms with van der Waals surface area (Å²) < 4.78 is 0. The summed E-state index contributed by atoms with van der Waals surface area (Å²) in [4.78, 5) is 15.0. The molecule has 0 radical (unpaired) electrons. The molecule has 1 heterocycles. The first-order valence-electron chi connectivity index (χ1n) is 5.36. The van der Waals surface area contributed by atoms with Crippen molar-refractivity contribution in [1.82, 2.24) is 4.98 Å². The number of carboxylic acid groups (broad SMARTS) is 1. The maximum Gasteiger partial charge on any atom is 0.339 e. The van der Waals surface area contributed by atoms with Gasteiger partial charge in [-0.25, -0.2) is 4.79 Å². The molecule has 0 amide bonds. The number of aromatic nitrogens is 1. The summed E-state index contributed by atoms with van der Waals surface area (Å²) in [6.45, 7) is 6.19. The zero-order chi connectivity index (χ0) is 11.9. The van der Waals surface area contributed by atoms with E-state index in [1.54, 1.807) is 6.07 Å². The highest BCUT2D eigenvalue weighted by Gasteiger charge is 2.45. The van der Waals surface area contributed by atoms with E-state index in [0.717, 1.165) is 12.1 Å². The Bertz CT molecular complexity index is 441. The molecule has 0 aromatic carbocycles. The van der Waals surface area contributed by atoms with E-state index in [2.05, 4.69) is 24.1 Å². The van der Waals surface area contributed by atoms with E-state index in [-0.39, 0.29) is 11.0 Å². The van der Waals surface area contributed by atoms with Gasteiger partial charge in [-0.3, -0.25) is 4.98 Å². The van der Waals surface area contributed by atoms with Crippen molar-refractivity contribution in [3.63, 3.8) is 0 Å². The molecular weight excluding hydrogens is 204 g/mol. The number of pyridine rings is 1. The van der Waals surface area contributed by atoms with Crippen LogP contribution >= 0.6 is 0 Å². The number of hydrogen-bond acceptors (Lipinski definition) is 3. The van der Waals surface area contributed by atoms with Gasteiger partial charge >= 0.3 is 5.97 Å². The third kappa shape index (κ3) is 2.01. The van der Waals surface area contributed by atoms with E-state index in [1.165, 1.54) is 6.20 Å². The maximum atomic E-state index is 11.0. The van der Waals surface area contributed by atoms with Crippen LogP contribution in [0, 0.1) is 12.3 Å². The van der Waals surface area contributed by atoms with Gasteiger partial charge in [0.2, 0.25) is 0 Å². The minimum atomic E-state index is -0.937. The zero-order valence-corrected chi connectivity index (χ0v) is 9.74. The summed E-state index contributed by atoms with van der Waals surface area (Å²) in [6.07, 6.45) is 2.49. The molecule has 0 saturated heterocycles. The zero-order valence-electron chi connectivity index (χ0n) is 9.74. The minimum absolute atomic E-state index is 0.244. The molecule has 16 heavy (non-hydrogen) atoms. The highest BCUT2D eigenvalue weighted by Crippen LogP contribution is 2.46. The summed E-state index contributed by atoms with van der Waals surface area (Å²) in [5, 5.41) is 12.3. The van der Waals surface area contributed by atoms with Gasteiger partial charge in [0.1, 0.15) is 5.56 Å². The molecule has 1 atom stereocenters. The van der Waals surface area contributed by atoms with Crippen molar-refractivity contribution in [2.75, 3.05) is 5.32 Å². The lowest BCUT2D eigenvalue weighted by molar-refractivity contribution is 0.0697. The second kappa shape index (κ2) is 3.47. The van der Waals surface area contributed by atoms with Crippen LogP contribution < -0.4 is 5.32 Å². The molecule has 2 rings (SSSR count). The molecule has 1 unspecified atom stereocenters. The fourth-order valence-electron chi connectivity index (χ4n) is 1.75. The summed E-state index contributed by atoms with van der Waals surface area (Å²) in [7, 11) is 0. The molecule has 1 aliphatic carbocycles. The first-order chi connectivity index (χ1) is 7.40. The van der Waals surface area contributed by atoms with Gasteiger partial charge in [-0.2, -0.15) is 0 Å². The normalized spacial score (nSPS) is 21.6. The van der Waals surface area contributed by atoms with E-state index in [1.807, 2.05) is 6.92 Å². The van der Waals surface area contributed by atoms with E-state index in [0.29, 0.717) is 11.7 Å². The molecule has 1 aromatic rings. The van der Waals surface area contributed by atoms with Crippen LogP contribution in [0.2, 0.25) is 0 Å². The van der Waals surface area contributed by atoms with E-state index in [4.69, 9.17) is 5.11 Å². The van der Waals surface area contributed by atoms with E-state index >= 15 is 0 Å². The second-order valence-electron chi connectivity index (χ2n) is 5.07. The van der Waals surface area contributed by atoms with Gasteiger partial charge in [-0.1, -0.05) is 13.8 Å². The van der Waals surface area contributed by atoms with Gasteiger partial charge in [0, 0.05) is 17.9 Å². The topological polar surface area (TPSA) is 62.2 Å². The predicted molar refractivity (Wildman–Crippen MR) is 61.7 cm³/mol. The molecule has 0 aliphatic heterocycles. The highest BCUT2D eigenvalue weighted by atomic mass is 16.4. The summed E-state index contributed by atoms with van der Waals surface area (Å²) in [6, 6.07) is 2.16. The third-order valence-electron chi connectivity index (χ3n) is 3.11. The van der Waals surface area contributed by atoms with Crippen LogP contribution in [0.1, 0.15) is 36.3 Å². The maximum absolute atomic E-state index is 11.0. The average Bonchev–Trinajstić information content (AvgIpc) is 2.72. The Morgan fingerprint density at radius 3 is 2.75 bits per heavy atom. The van der Waals surface area contributed by atoms with Crippen molar-refractivity contribution in [3.8, 4) is 0 Å². The predicted octanol–water partition coefficient (Wildman–Crippen LogP) is 2.30. The summed E-state index contributed by atoms with van der Waals surface area (Å²) in [5.74, 6) is -0.937. The Labute approximate surface area is 94.7 Å². The molecule has 4 nitrogen and oxygen atoms in total. The standard InChI is InChI=1S/C12H16N2O2/c1-7-4-9(8(6-13-7)11(15)16)14-10-5-12(10,2)3/h4,6,10H,5H2,1-3H3,(H,13,14)(H,15,16). The van der Waals surface area contributed by atoms with Gasteiger partial charge in [0.05, 0.1) is 5.69 Å². The minimum Gasteiger partial charge on any atom is -0.478 e. The molecule has 1 aliphatic rings. The van der Waals surface area contributed by atoms with Gasteiger partial charge < -0.3 is 10.4 Å². The molecule has 1 fully saturated rings. The molecule has 0 spiro atoms. The second-order valence-corrected chi connectivity index (χ2v) is 5.07. The van der Waals surface area contributed by atoms with Crippen molar-refractivity contribution in [1.29, 1.82) is 0 Å². The average molecular weight is 220 g/mol. The number of aryl methyl sites for hydroxylation is 1. The SMILES string of the molecule is Cc1cc(NC2CC2(C)C)c(C(=O)O)cn1. The smallest absolute Gasteiger partial charge is 0.339 e. The van der Waals surface area contributed by atoms with Crippen molar-refractivity contribution >= 4 is 11.7 Å². The molecule has 2 N–H and O–H groups in total. The Morgan fingerprint density at radius 1 is 1.62 bits per heavy atom. The number of anilines is 1. The molecule has 1 saturated carbocycles. The number of hydrogen-bond donors (Lipinski definition) is 2. The largest absolute Gasteiger partial charge is 0.478 e. The lowest BCUT2D eigenvalue weighted by Crippen LogP contribution is -2.12. The molecular formula is C12H16N2O2. The number of aromatic carboxylic acids is 1. The van der Waals surface area contributed by atoms with Gasteiger partial charge in [-0.15, -0.1) is 0 Å². The van der Waals surface area contributed by atoms with Gasteiger partial charge in [0.15, 0.2) is 0 Å². The fraction of sp³-hybridized carbons (Fsp3) is 0.500. The number of nitrogens with one attached hydrogen (secondary N) is 1. The quantitative estimate of drug-likeness (QED) is 0.820. The van der Waals surface area contributed by atoms with E-state index in [9.17, 15) is 4.79 Å². The van der Waals surface area contributed by atoms with Crippen LogP contribution in [0.3, 0.4) is 0 Å². The Hall–Kier alpha value is -1.58. The fourth-order valence-corrected chi connectivity index (χ4v) is 1.75. The highest BCUT2D eigenvalue weighted by molar-refractivity contribution is 5.94. The number of nitrogens with zero attached hydrogens (tertiary/aromatic N) is 1.